The van der Waals surface area contributed by atoms with Gasteiger partial charge in [0.05, 0.1) is 11.2 Å². The van der Waals surface area contributed by atoms with E-state index in [2.05, 4.69) is 15.7 Å². The zero-order valence-corrected chi connectivity index (χ0v) is 12.5. The highest BCUT2D eigenvalue weighted by atomic mass is 35.5. The van der Waals surface area contributed by atoms with E-state index in [4.69, 9.17) is 11.6 Å². The van der Waals surface area contributed by atoms with Crippen molar-refractivity contribution in [3.8, 4) is 0 Å². The van der Waals surface area contributed by atoms with Crippen LogP contribution >= 0.6 is 11.6 Å². The molecule has 1 amide bonds. The van der Waals surface area contributed by atoms with Gasteiger partial charge in [0.1, 0.15) is 5.69 Å². The minimum Gasteiger partial charge on any atom is -0.377 e. The third-order valence-electron chi connectivity index (χ3n) is 4.26. The largest absolute Gasteiger partial charge is 0.377 e. The van der Waals surface area contributed by atoms with Gasteiger partial charge in [-0.05, 0) is 25.2 Å². The van der Waals surface area contributed by atoms with Gasteiger partial charge in [-0.25, -0.2) is 4.68 Å². The molecule has 1 saturated carbocycles. The van der Waals surface area contributed by atoms with Crippen LogP contribution in [0.5, 0.6) is 0 Å². The lowest BCUT2D eigenvalue weighted by Gasteiger charge is -2.25. The van der Waals surface area contributed by atoms with E-state index in [1.54, 1.807) is 0 Å². The van der Waals surface area contributed by atoms with E-state index in [1.807, 2.05) is 0 Å². The van der Waals surface area contributed by atoms with Gasteiger partial charge in [-0.3, -0.25) is 9.59 Å². The van der Waals surface area contributed by atoms with E-state index in [0.717, 1.165) is 19.3 Å². The summed E-state index contributed by atoms with van der Waals surface area (Å²) in [6.45, 7) is 1.17. The van der Waals surface area contributed by atoms with Crippen molar-refractivity contribution >= 4 is 23.2 Å². The van der Waals surface area contributed by atoms with Crippen molar-refractivity contribution in [1.29, 1.82) is 0 Å². The van der Waals surface area contributed by atoms with Gasteiger partial charge in [0, 0.05) is 25.6 Å². The first kappa shape index (κ1) is 14.4. The van der Waals surface area contributed by atoms with Crippen molar-refractivity contribution in [3.63, 3.8) is 0 Å². The van der Waals surface area contributed by atoms with Gasteiger partial charge in [0.2, 0.25) is 5.91 Å². The molecule has 2 fully saturated rings. The quantitative estimate of drug-likeness (QED) is 0.861. The van der Waals surface area contributed by atoms with Crippen LogP contribution in [-0.4, -0.2) is 28.3 Å². The van der Waals surface area contributed by atoms with Crippen LogP contribution in [0.3, 0.4) is 0 Å². The van der Waals surface area contributed by atoms with Gasteiger partial charge in [-0.2, -0.15) is 5.10 Å². The molecule has 1 aliphatic carbocycles. The molecule has 21 heavy (non-hydrogen) atoms. The number of halogens is 1. The smallest absolute Gasteiger partial charge is 0.291 e. The number of amides is 1. The molecular weight excluding hydrogens is 292 g/mol. The number of hydrogen-bond acceptors (Lipinski definition) is 4. The van der Waals surface area contributed by atoms with E-state index in [9.17, 15) is 9.59 Å². The summed E-state index contributed by atoms with van der Waals surface area (Å²) in [5, 5.41) is 10.4. The Hall–Kier alpha value is -1.56. The molecule has 2 heterocycles. The Labute approximate surface area is 127 Å². The van der Waals surface area contributed by atoms with Gasteiger partial charge in [0.15, 0.2) is 0 Å². The summed E-state index contributed by atoms with van der Waals surface area (Å²) < 4.78 is 1.49. The Bertz CT molecular complexity index is 597. The number of carbonyl (C=O) groups excluding carboxylic acids is 1. The molecule has 7 heteroatoms. The zero-order chi connectivity index (χ0) is 14.8. The highest BCUT2D eigenvalue weighted by Crippen LogP contribution is 2.27. The van der Waals surface area contributed by atoms with Gasteiger partial charge in [-0.1, -0.05) is 18.0 Å². The van der Waals surface area contributed by atoms with Crippen molar-refractivity contribution < 1.29 is 4.79 Å². The molecule has 6 nitrogen and oxygen atoms in total. The summed E-state index contributed by atoms with van der Waals surface area (Å²) in [7, 11) is 0. The molecule has 1 atom stereocenters. The number of aromatic nitrogens is 2. The molecule has 1 saturated heterocycles. The van der Waals surface area contributed by atoms with Crippen LogP contribution in [0.1, 0.15) is 32.1 Å². The molecule has 3 rings (SSSR count). The Kier molecular flexibility index (Phi) is 4.14. The number of nitrogens with zero attached hydrogens (tertiary/aromatic N) is 2. The number of nitrogens with one attached hydrogen (secondary N) is 2. The Morgan fingerprint density at radius 2 is 2.19 bits per heavy atom. The predicted molar refractivity (Wildman–Crippen MR) is 80.5 cm³/mol. The molecule has 1 aromatic rings. The summed E-state index contributed by atoms with van der Waals surface area (Å²) in [6.07, 6.45) is 6.39. The molecule has 2 aliphatic rings. The summed E-state index contributed by atoms with van der Waals surface area (Å²) in [5.74, 6) is 0.614. The molecule has 0 bridgehead atoms. The van der Waals surface area contributed by atoms with Gasteiger partial charge in [0.25, 0.3) is 5.56 Å². The fourth-order valence-corrected chi connectivity index (χ4v) is 2.93. The highest BCUT2D eigenvalue weighted by molar-refractivity contribution is 6.33. The summed E-state index contributed by atoms with van der Waals surface area (Å²) >= 11 is 6.07. The van der Waals surface area contributed by atoms with Crippen LogP contribution < -0.4 is 16.2 Å². The molecule has 1 aliphatic heterocycles. The maximum absolute atomic E-state index is 12.4. The topological polar surface area (TPSA) is 76.0 Å². The second-order valence-corrected chi connectivity index (χ2v) is 6.24. The van der Waals surface area contributed by atoms with Crippen molar-refractivity contribution in [2.24, 2.45) is 5.92 Å². The van der Waals surface area contributed by atoms with E-state index >= 15 is 0 Å². The van der Waals surface area contributed by atoms with Crippen molar-refractivity contribution in [1.82, 2.24) is 15.1 Å². The molecule has 1 unspecified atom stereocenters. The third-order valence-corrected chi connectivity index (χ3v) is 4.55. The highest BCUT2D eigenvalue weighted by Gasteiger charge is 2.22. The normalized spacial score (nSPS) is 22.0. The van der Waals surface area contributed by atoms with Gasteiger partial charge < -0.3 is 10.6 Å². The lowest BCUT2D eigenvalue weighted by molar-refractivity contribution is -0.119. The van der Waals surface area contributed by atoms with Crippen LogP contribution in [-0.2, 0) is 11.3 Å². The Morgan fingerprint density at radius 1 is 1.38 bits per heavy atom. The van der Waals surface area contributed by atoms with Crippen LogP contribution in [0.4, 0.5) is 5.69 Å². The van der Waals surface area contributed by atoms with E-state index in [-0.39, 0.29) is 17.5 Å². The number of carbonyl (C=O) groups is 1. The second kappa shape index (κ2) is 6.05. The monoisotopic (exact) mass is 310 g/mol. The number of anilines is 1. The first-order chi connectivity index (χ1) is 10.1. The number of hydrogen-bond donors (Lipinski definition) is 2. The van der Waals surface area contributed by atoms with Crippen LogP contribution in [0.15, 0.2) is 11.0 Å². The third kappa shape index (κ3) is 3.20. The molecule has 1 aromatic heterocycles. The Morgan fingerprint density at radius 3 is 2.81 bits per heavy atom. The second-order valence-electron chi connectivity index (χ2n) is 5.84. The zero-order valence-electron chi connectivity index (χ0n) is 11.8. The Balaban J connectivity index is 1.69. The van der Waals surface area contributed by atoms with E-state index in [0.29, 0.717) is 36.1 Å². The fourth-order valence-electron chi connectivity index (χ4n) is 2.73. The lowest BCUT2D eigenvalue weighted by Crippen LogP contribution is -2.35. The van der Waals surface area contributed by atoms with Gasteiger partial charge >= 0.3 is 0 Å². The van der Waals surface area contributed by atoms with Crippen molar-refractivity contribution in [3.05, 3.63) is 21.6 Å². The molecule has 0 radical (unpaired) electrons. The van der Waals surface area contributed by atoms with E-state index < -0.39 is 0 Å². The lowest BCUT2D eigenvalue weighted by atomic mass is 9.85. The molecule has 0 aromatic carbocycles. The maximum Gasteiger partial charge on any atom is 0.291 e. The number of rotatable bonds is 5. The first-order valence-electron chi connectivity index (χ1n) is 7.42. The van der Waals surface area contributed by atoms with Crippen molar-refractivity contribution in [2.45, 2.75) is 44.7 Å². The average Bonchev–Trinajstić information content (AvgIpc) is 2.81. The molecule has 114 valence electrons. The minimum atomic E-state index is -0.182. The fraction of sp³-hybridized carbons (Fsp3) is 0.643. The first-order valence-corrected chi connectivity index (χ1v) is 7.80. The van der Waals surface area contributed by atoms with Gasteiger partial charge in [-0.15, -0.1) is 0 Å². The summed E-state index contributed by atoms with van der Waals surface area (Å²) in [6, 6.07) is 0.0567. The standard InChI is InChI=1S/C14H19ClN4O2/c15-11-7-17-19(8-9-2-1-3-9)14(21)13(11)16-6-10-4-5-12(20)18-10/h7,9-10,16H,1-6,8H2,(H,18,20). The maximum atomic E-state index is 12.4. The van der Waals surface area contributed by atoms with Crippen LogP contribution in [0.25, 0.3) is 0 Å². The molecule has 0 spiro atoms. The van der Waals surface area contributed by atoms with Crippen molar-refractivity contribution in [2.75, 3.05) is 11.9 Å². The van der Waals surface area contributed by atoms with Crippen LogP contribution in [0.2, 0.25) is 5.02 Å². The van der Waals surface area contributed by atoms with E-state index in [1.165, 1.54) is 17.3 Å². The summed E-state index contributed by atoms with van der Waals surface area (Å²) in [5.41, 5.74) is 0.200. The predicted octanol–water partition coefficient (Wildman–Crippen LogP) is 1.39. The SMILES string of the molecule is O=C1CCC(CNc2c(Cl)cnn(CC3CCC3)c2=O)N1. The summed E-state index contributed by atoms with van der Waals surface area (Å²) in [4.78, 5) is 23.6. The molecule has 2 N–H and O–H groups in total. The molecular formula is C14H19ClN4O2. The van der Waals surface area contributed by atoms with Crippen LogP contribution in [0, 0.1) is 5.92 Å². The average molecular weight is 311 g/mol. The minimum absolute atomic E-state index is 0.0567.